The first-order valence-electron chi connectivity index (χ1n) is 9.13. The van der Waals surface area contributed by atoms with Crippen LogP contribution >= 0.6 is 0 Å². The van der Waals surface area contributed by atoms with Gasteiger partial charge < -0.3 is 20.1 Å². The van der Waals surface area contributed by atoms with E-state index in [0.717, 1.165) is 0 Å². The summed E-state index contributed by atoms with van der Waals surface area (Å²) in [4.78, 5) is 37.3. The number of amides is 2. The highest BCUT2D eigenvalue weighted by atomic mass is 16.5. The molecule has 0 radical (unpaired) electrons. The van der Waals surface area contributed by atoms with E-state index in [-0.39, 0.29) is 29.9 Å². The number of piperidine rings is 1. The van der Waals surface area contributed by atoms with E-state index in [1.165, 1.54) is 12.1 Å². The van der Waals surface area contributed by atoms with Gasteiger partial charge in [-0.1, -0.05) is 18.2 Å². The third-order valence-corrected chi connectivity index (χ3v) is 4.72. The standard InChI is InChI=1S/C21H22N2O5/c24-19(14-28-18-4-2-1-3-5-18)23-12-10-15(11-13-23)20(25)22-17-8-6-16(7-9-17)21(26)27/h1-9,15H,10-14H2,(H,22,25)(H,26,27). The van der Waals surface area contributed by atoms with Gasteiger partial charge in [-0.05, 0) is 49.2 Å². The van der Waals surface area contributed by atoms with Gasteiger partial charge in [0.15, 0.2) is 6.61 Å². The number of hydrogen-bond donors (Lipinski definition) is 2. The summed E-state index contributed by atoms with van der Waals surface area (Å²) in [6.07, 6.45) is 1.16. The molecule has 2 N–H and O–H groups in total. The average molecular weight is 382 g/mol. The molecule has 1 aliphatic rings. The molecule has 0 aliphatic carbocycles. The first-order chi connectivity index (χ1) is 13.5. The second kappa shape index (κ2) is 9.03. The summed E-state index contributed by atoms with van der Waals surface area (Å²) in [6.45, 7) is 0.997. The maximum Gasteiger partial charge on any atom is 0.335 e. The number of carboxylic acids is 1. The molecule has 7 heteroatoms. The number of nitrogens with zero attached hydrogens (tertiary/aromatic N) is 1. The molecule has 1 heterocycles. The number of benzene rings is 2. The van der Waals surface area contributed by atoms with Crippen LogP contribution in [0.3, 0.4) is 0 Å². The lowest BCUT2D eigenvalue weighted by Crippen LogP contribution is -2.43. The van der Waals surface area contributed by atoms with E-state index >= 15 is 0 Å². The summed E-state index contributed by atoms with van der Waals surface area (Å²) >= 11 is 0. The van der Waals surface area contributed by atoms with Crippen LogP contribution in [-0.4, -0.2) is 47.5 Å². The van der Waals surface area contributed by atoms with E-state index < -0.39 is 5.97 Å². The van der Waals surface area contributed by atoms with Crippen molar-refractivity contribution >= 4 is 23.5 Å². The van der Waals surface area contributed by atoms with E-state index in [1.807, 2.05) is 18.2 Å². The normalized spacial score (nSPS) is 14.4. The second-order valence-electron chi connectivity index (χ2n) is 6.63. The Morgan fingerprint density at radius 2 is 1.64 bits per heavy atom. The van der Waals surface area contributed by atoms with E-state index in [0.29, 0.717) is 37.4 Å². The van der Waals surface area contributed by atoms with E-state index in [1.54, 1.807) is 29.2 Å². The molecule has 7 nitrogen and oxygen atoms in total. The molecular weight excluding hydrogens is 360 g/mol. The molecule has 0 unspecified atom stereocenters. The maximum absolute atomic E-state index is 12.4. The van der Waals surface area contributed by atoms with Crippen LogP contribution in [0.25, 0.3) is 0 Å². The Morgan fingerprint density at radius 3 is 2.25 bits per heavy atom. The zero-order chi connectivity index (χ0) is 19.9. The molecule has 2 amide bonds. The molecule has 1 aliphatic heterocycles. The third kappa shape index (κ3) is 5.09. The number of anilines is 1. The third-order valence-electron chi connectivity index (χ3n) is 4.72. The van der Waals surface area contributed by atoms with Crippen molar-refractivity contribution in [2.75, 3.05) is 25.0 Å². The van der Waals surface area contributed by atoms with Gasteiger partial charge in [0.25, 0.3) is 5.91 Å². The highest BCUT2D eigenvalue weighted by molar-refractivity contribution is 5.94. The summed E-state index contributed by atoms with van der Waals surface area (Å²) in [7, 11) is 0. The van der Waals surface area contributed by atoms with Crippen molar-refractivity contribution in [3.63, 3.8) is 0 Å². The van der Waals surface area contributed by atoms with Crippen LogP contribution in [0.5, 0.6) is 5.75 Å². The van der Waals surface area contributed by atoms with Gasteiger partial charge in [-0.25, -0.2) is 4.79 Å². The van der Waals surface area contributed by atoms with Crippen molar-refractivity contribution in [2.45, 2.75) is 12.8 Å². The fourth-order valence-electron chi connectivity index (χ4n) is 3.08. The lowest BCUT2D eigenvalue weighted by Gasteiger charge is -2.31. The summed E-state index contributed by atoms with van der Waals surface area (Å²) in [5, 5.41) is 11.7. The monoisotopic (exact) mass is 382 g/mol. The van der Waals surface area contributed by atoms with Crippen LogP contribution in [0.4, 0.5) is 5.69 Å². The smallest absolute Gasteiger partial charge is 0.335 e. The Morgan fingerprint density at radius 1 is 1.00 bits per heavy atom. The quantitative estimate of drug-likeness (QED) is 0.801. The van der Waals surface area contributed by atoms with Crippen LogP contribution in [0.2, 0.25) is 0 Å². The number of hydrogen-bond acceptors (Lipinski definition) is 4. The minimum absolute atomic E-state index is 0.0171. The fourth-order valence-corrected chi connectivity index (χ4v) is 3.08. The SMILES string of the molecule is O=C(O)c1ccc(NC(=O)C2CCN(C(=O)COc3ccccc3)CC2)cc1. The summed E-state index contributed by atoms with van der Waals surface area (Å²) < 4.78 is 5.49. The minimum Gasteiger partial charge on any atom is -0.484 e. The first kappa shape index (κ1) is 19.4. The van der Waals surface area contributed by atoms with Crippen LogP contribution in [0, 0.1) is 5.92 Å². The van der Waals surface area contributed by atoms with Gasteiger partial charge in [0, 0.05) is 24.7 Å². The minimum atomic E-state index is -1.01. The van der Waals surface area contributed by atoms with Crippen LogP contribution in [0.1, 0.15) is 23.2 Å². The molecule has 146 valence electrons. The van der Waals surface area contributed by atoms with Crippen molar-refractivity contribution in [2.24, 2.45) is 5.92 Å². The number of carbonyl (C=O) groups is 3. The van der Waals surface area contributed by atoms with Gasteiger partial charge in [0.1, 0.15) is 5.75 Å². The molecule has 2 aromatic carbocycles. The molecule has 0 spiro atoms. The number of aromatic carboxylic acids is 1. The number of nitrogens with one attached hydrogen (secondary N) is 1. The lowest BCUT2D eigenvalue weighted by atomic mass is 9.95. The zero-order valence-corrected chi connectivity index (χ0v) is 15.3. The molecule has 3 rings (SSSR count). The molecule has 0 saturated carbocycles. The Bertz CT molecular complexity index is 828. The van der Waals surface area contributed by atoms with Crippen LogP contribution in [-0.2, 0) is 9.59 Å². The van der Waals surface area contributed by atoms with Gasteiger partial charge >= 0.3 is 5.97 Å². The number of likely N-dealkylation sites (tertiary alicyclic amines) is 1. The van der Waals surface area contributed by atoms with Gasteiger partial charge in [0.05, 0.1) is 5.56 Å². The van der Waals surface area contributed by atoms with Crippen molar-refractivity contribution in [3.8, 4) is 5.75 Å². The average Bonchev–Trinajstić information content (AvgIpc) is 2.73. The highest BCUT2D eigenvalue weighted by Gasteiger charge is 2.27. The molecular formula is C21H22N2O5. The Labute approximate surface area is 162 Å². The summed E-state index contributed by atoms with van der Waals surface area (Å²) in [5.74, 6) is -0.744. The van der Waals surface area contributed by atoms with Gasteiger partial charge in [-0.3, -0.25) is 9.59 Å². The Kier molecular flexibility index (Phi) is 6.26. The van der Waals surface area contributed by atoms with E-state index in [4.69, 9.17) is 9.84 Å². The van der Waals surface area contributed by atoms with Crippen molar-refractivity contribution in [3.05, 3.63) is 60.2 Å². The van der Waals surface area contributed by atoms with Gasteiger partial charge in [-0.15, -0.1) is 0 Å². The molecule has 28 heavy (non-hydrogen) atoms. The van der Waals surface area contributed by atoms with Crippen molar-refractivity contribution < 1.29 is 24.2 Å². The lowest BCUT2D eigenvalue weighted by molar-refractivity contribution is -0.136. The van der Waals surface area contributed by atoms with E-state index in [9.17, 15) is 14.4 Å². The number of carboxylic acid groups (broad SMARTS) is 1. The summed E-state index contributed by atoms with van der Waals surface area (Å²) in [6, 6.07) is 15.2. The predicted molar refractivity (Wildman–Crippen MR) is 103 cm³/mol. The zero-order valence-electron chi connectivity index (χ0n) is 15.3. The van der Waals surface area contributed by atoms with Crippen LogP contribution in [0.15, 0.2) is 54.6 Å². The summed E-state index contributed by atoms with van der Waals surface area (Å²) in [5.41, 5.74) is 0.729. The largest absolute Gasteiger partial charge is 0.484 e. The number of rotatable bonds is 6. The second-order valence-corrected chi connectivity index (χ2v) is 6.63. The number of ether oxygens (including phenoxy) is 1. The predicted octanol–water partition coefficient (Wildman–Crippen LogP) is 2.64. The molecule has 0 atom stereocenters. The number of para-hydroxylation sites is 1. The fraction of sp³-hybridized carbons (Fsp3) is 0.286. The van der Waals surface area contributed by atoms with Crippen LogP contribution < -0.4 is 10.1 Å². The highest BCUT2D eigenvalue weighted by Crippen LogP contribution is 2.20. The Hall–Kier alpha value is -3.35. The molecule has 2 aromatic rings. The van der Waals surface area contributed by atoms with Crippen molar-refractivity contribution in [1.29, 1.82) is 0 Å². The topological polar surface area (TPSA) is 95.9 Å². The molecule has 1 fully saturated rings. The maximum atomic E-state index is 12.4. The molecule has 0 bridgehead atoms. The number of carbonyl (C=O) groups excluding carboxylic acids is 2. The molecule has 0 aromatic heterocycles. The van der Waals surface area contributed by atoms with Gasteiger partial charge in [-0.2, -0.15) is 0 Å². The first-order valence-corrected chi connectivity index (χ1v) is 9.13. The molecule has 1 saturated heterocycles. The van der Waals surface area contributed by atoms with Gasteiger partial charge in [0.2, 0.25) is 5.91 Å². The Balaban J connectivity index is 1.44. The van der Waals surface area contributed by atoms with E-state index in [2.05, 4.69) is 5.32 Å². The van der Waals surface area contributed by atoms with Crippen molar-refractivity contribution in [1.82, 2.24) is 4.90 Å².